The van der Waals surface area contributed by atoms with Gasteiger partial charge in [0.2, 0.25) is 0 Å². The van der Waals surface area contributed by atoms with Crippen molar-refractivity contribution in [3.63, 3.8) is 0 Å². The fourth-order valence-corrected chi connectivity index (χ4v) is 3.07. The number of allylic oxidation sites excluding steroid dienone is 1. The summed E-state index contributed by atoms with van der Waals surface area (Å²) < 4.78 is 5.21. The van der Waals surface area contributed by atoms with Crippen LogP contribution in [0.15, 0.2) is 12.2 Å². The molecule has 0 aromatic carbocycles. The van der Waals surface area contributed by atoms with Crippen molar-refractivity contribution in [3.05, 3.63) is 12.2 Å². The van der Waals surface area contributed by atoms with Gasteiger partial charge in [-0.15, -0.1) is 0 Å². The molecule has 0 unspecified atom stereocenters. The fourth-order valence-electron chi connectivity index (χ4n) is 3.07. The van der Waals surface area contributed by atoms with Gasteiger partial charge in [0.1, 0.15) is 5.60 Å². The first kappa shape index (κ1) is 27.0. The molecule has 0 radical (unpaired) electrons. The zero-order chi connectivity index (χ0) is 21.3. The largest absolute Gasteiger partial charge is 0.444 e. The Balaban J connectivity index is 3.56. The van der Waals surface area contributed by atoms with E-state index in [-0.39, 0.29) is 6.04 Å². The Labute approximate surface area is 174 Å². The van der Waals surface area contributed by atoms with E-state index in [1.54, 1.807) is 6.92 Å². The first-order chi connectivity index (χ1) is 13.3. The van der Waals surface area contributed by atoms with Crippen molar-refractivity contribution >= 4 is 6.09 Å². The molecule has 0 bridgehead atoms. The van der Waals surface area contributed by atoms with Crippen LogP contribution >= 0.6 is 0 Å². The van der Waals surface area contributed by atoms with Crippen molar-refractivity contribution in [3.8, 4) is 0 Å². The molecule has 0 spiro atoms. The van der Waals surface area contributed by atoms with E-state index in [0.29, 0.717) is 6.42 Å². The number of carbonyl (C=O) groups is 1. The minimum atomic E-state index is -0.596. The molecule has 28 heavy (non-hydrogen) atoms. The SMILES string of the molecule is CCCCCCCCCCCCC/C=C/C[C@@H](O)[C@H](C)NC(=O)OC(C)(C)C. The van der Waals surface area contributed by atoms with Gasteiger partial charge >= 0.3 is 6.09 Å². The Bertz CT molecular complexity index is 401. The van der Waals surface area contributed by atoms with Crippen LogP contribution in [0.1, 0.15) is 118 Å². The van der Waals surface area contributed by atoms with Gasteiger partial charge in [-0.05, 0) is 47.0 Å². The van der Waals surface area contributed by atoms with E-state index in [9.17, 15) is 9.90 Å². The van der Waals surface area contributed by atoms with E-state index in [0.717, 1.165) is 6.42 Å². The predicted octanol–water partition coefficient (Wildman–Crippen LogP) is 6.91. The van der Waals surface area contributed by atoms with Crippen molar-refractivity contribution in [2.75, 3.05) is 0 Å². The maximum Gasteiger partial charge on any atom is 0.407 e. The van der Waals surface area contributed by atoms with Gasteiger partial charge in [0.15, 0.2) is 0 Å². The van der Waals surface area contributed by atoms with Gasteiger partial charge in [0, 0.05) is 0 Å². The molecule has 1 amide bonds. The van der Waals surface area contributed by atoms with E-state index < -0.39 is 17.8 Å². The number of carbonyl (C=O) groups excluding carboxylic acids is 1. The van der Waals surface area contributed by atoms with Crippen molar-refractivity contribution in [2.45, 2.75) is 136 Å². The number of hydrogen-bond donors (Lipinski definition) is 2. The number of aliphatic hydroxyl groups excluding tert-OH is 1. The lowest BCUT2D eigenvalue weighted by atomic mass is 10.0. The average molecular weight is 398 g/mol. The average Bonchev–Trinajstić information content (AvgIpc) is 2.60. The van der Waals surface area contributed by atoms with Crippen LogP contribution in [0.3, 0.4) is 0 Å². The Hall–Kier alpha value is -1.03. The molecule has 0 aliphatic heterocycles. The fraction of sp³-hybridized carbons (Fsp3) is 0.875. The van der Waals surface area contributed by atoms with Crippen LogP contribution in [-0.2, 0) is 4.74 Å². The number of unbranched alkanes of at least 4 members (excludes halogenated alkanes) is 11. The molecule has 2 atom stereocenters. The van der Waals surface area contributed by atoms with Crippen molar-refractivity contribution in [2.24, 2.45) is 0 Å². The van der Waals surface area contributed by atoms with E-state index >= 15 is 0 Å². The Morgan fingerprint density at radius 2 is 1.43 bits per heavy atom. The maximum absolute atomic E-state index is 11.7. The van der Waals surface area contributed by atoms with Crippen molar-refractivity contribution in [1.29, 1.82) is 0 Å². The van der Waals surface area contributed by atoms with Crippen molar-refractivity contribution in [1.82, 2.24) is 5.32 Å². The topological polar surface area (TPSA) is 58.6 Å². The van der Waals surface area contributed by atoms with Gasteiger partial charge in [-0.3, -0.25) is 0 Å². The summed E-state index contributed by atoms with van der Waals surface area (Å²) in [5.74, 6) is 0. The molecular formula is C24H47NO3. The second-order valence-corrected chi connectivity index (χ2v) is 9.03. The van der Waals surface area contributed by atoms with Crippen LogP contribution in [0, 0.1) is 0 Å². The van der Waals surface area contributed by atoms with Crippen LogP contribution in [0.2, 0.25) is 0 Å². The molecular weight excluding hydrogens is 350 g/mol. The monoisotopic (exact) mass is 397 g/mol. The zero-order valence-electron chi connectivity index (χ0n) is 19.3. The normalized spacial score (nSPS) is 14.2. The molecule has 4 heteroatoms. The molecule has 0 heterocycles. The summed E-state index contributed by atoms with van der Waals surface area (Å²) in [5.41, 5.74) is -0.525. The number of ether oxygens (including phenoxy) is 1. The third-order valence-electron chi connectivity index (χ3n) is 4.84. The molecule has 0 aromatic rings. The summed E-state index contributed by atoms with van der Waals surface area (Å²) in [6, 6.07) is -0.332. The van der Waals surface area contributed by atoms with Gasteiger partial charge in [-0.25, -0.2) is 4.79 Å². The number of nitrogens with one attached hydrogen (secondary N) is 1. The summed E-state index contributed by atoms with van der Waals surface area (Å²) in [4.78, 5) is 11.7. The molecule has 0 saturated heterocycles. The second kappa shape index (κ2) is 16.9. The van der Waals surface area contributed by atoms with Crippen LogP contribution in [0.4, 0.5) is 4.79 Å². The summed E-state index contributed by atoms with van der Waals surface area (Å²) in [7, 11) is 0. The van der Waals surface area contributed by atoms with Crippen LogP contribution in [0.25, 0.3) is 0 Å². The highest BCUT2D eigenvalue weighted by molar-refractivity contribution is 5.68. The van der Waals surface area contributed by atoms with E-state index in [4.69, 9.17) is 4.74 Å². The van der Waals surface area contributed by atoms with Gasteiger partial charge in [-0.2, -0.15) is 0 Å². The highest BCUT2D eigenvalue weighted by Crippen LogP contribution is 2.12. The summed E-state index contributed by atoms with van der Waals surface area (Å²) in [6.07, 6.45) is 19.7. The number of alkyl carbamates (subject to hydrolysis) is 1. The molecule has 2 N–H and O–H groups in total. The highest BCUT2D eigenvalue weighted by atomic mass is 16.6. The van der Waals surface area contributed by atoms with Crippen LogP contribution < -0.4 is 5.32 Å². The van der Waals surface area contributed by atoms with Crippen LogP contribution in [0.5, 0.6) is 0 Å². The molecule has 0 fully saturated rings. The first-order valence-electron chi connectivity index (χ1n) is 11.6. The van der Waals surface area contributed by atoms with Gasteiger partial charge < -0.3 is 15.2 Å². The first-order valence-corrected chi connectivity index (χ1v) is 11.6. The third kappa shape index (κ3) is 18.3. The van der Waals surface area contributed by atoms with Crippen molar-refractivity contribution < 1.29 is 14.6 Å². The standard InChI is InChI=1S/C24H47NO3/c1-6-7-8-9-10-11-12-13-14-15-16-17-18-19-20-22(26)21(2)25-23(27)28-24(3,4)5/h18-19,21-22,26H,6-17,20H2,1-5H3,(H,25,27)/b19-18+/t21-,22+/m0/s1. The zero-order valence-corrected chi connectivity index (χ0v) is 19.3. The smallest absolute Gasteiger partial charge is 0.407 e. The second-order valence-electron chi connectivity index (χ2n) is 9.03. The van der Waals surface area contributed by atoms with Gasteiger partial charge in [0.25, 0.3) is 0 Å². The van der Waals surface area contributed by atoms with E-state index in [1.165, 1.54) is 70.6 Å². The molecule has 0 aromatic heterocycles. The van der Waals surface area contributed by atoms with E-state index in [2.05, 4.69) is 18.3 Å². The summed E-state index contributed by atoms with van der Waals surface area (Å²) in [6.45, 7) is 9.54. The summed E-state index contributed by atoms with van der Waals surface area (Å²) in [5, 5.41) is 12.8. The molecule has 0 aliphatic rings. The molecule has 166 valence electrons. The summed E-state index contributed by atoms with van der Waals surface area (Å²) >= 11 is 0. The number of aliphatic hydroxyl groups is 1. The third-order valence-corrected chi connectivity index (χ3v) is 4.84. The lowest BCUT2D eigenvalue weighted by Crippen LogP contribution is -2.43. The Kier molecular flexibility index (Phi) is 16.3. The number of amides is 1. The Morgan fingerprint density at radius 3 is 1.93 bits per heavy atom. The van der Waals surface area contributed by atoms with Gasteiger partial charge in [-0.1, -0.05) is 83.3 Å². The predicted molar refractivity (Wildman–Crippen MR) is 120 cm³/mol. The molecule has 0 saturated carbocycles. The van der Waals surface area contributed by atoms with Gasteiger partial charge in [0.05, 0.1) is 12.1 Å². The Morgan fingerprint density at radius 1 is 0.929 bits per heavy atom. The molecule has 0 aliphatic carbocycles. The number of hydrogen-bond acceptors (Lipinski definition) is 3. The lowest BCUT2D eigenvalue weighted by Gasteiger charge is -2.23. The maximum atomic E-state index is 11.7. The van der Waals surface area contributed by atoms with E-state index in [1.807, 2.05) is 26.8 Å². The minimum absolute atomic E-state index is 0.332. The minimum Gasteiger partial charge on any atom is -0.444 e. The number of rotatable bonds is 16. The highest BCUT2D eigenvalue weighted by Gasteiger charge is 2.20. The lowest BCUT2D eigenvalue weighted by molar-refractivity contribution is 0.0439. The molecule has 4 nitrogen and oxygen atoms in total. The quantitative estimate of drug-likeness (QED) is 0.220. The molecule has 0 rings (SSSR count). The van der Waals surface area contributed by atoms with Crippen LogP contribution in [-0.4, -0.2) is 28.9 Å².